The van der Waals surface area contributed by atoms with E-state index in [0.29, 0.717) is 4.99 Å². The zero-order chi connectivity index (χ0) is 14.9. The van der Waals surface area contributed by atoms with Crippen LogP contribution < -0.4 is 16.0 Å². The molecule has 0 aromatic heterocycles. The average Bonchev–Trinajstić information content (AvgIpc) is 2.81. The van der Waals surface area contributed by atoms with Crippen LogP contribution in [0.3, 0.4) is 0 Å². The summed E-state index contributed by atoms with van der Waals surface area (Å²) in [6.45, 7) is 5.64. The molecule has 2 rings (SSSR count). The van der Waals surface area contributed by atoms with Crippen molar-refractivity contribution >= 4 is 28.8 Å². The van der Waals surface area contributed by atoms with Gasteiger partial charge in [-0.15, -0.1) is 0 Å². The Morgan fingerprint density at radius 1 is 1.50 bits per heavy atom. The van der Waals surface area contributed by atoms with E-state index in [4.69, 9.17) is 18.0 Å². The van der Waals surface area contributed by atoms with Crippen LogP contribution in [0.4, 0.5) is 5.69 Å². The second-order valence-electron chi connectivity index (χ2n) is 5.67. The van der Waals surface area contributed by atoms with E-state index >= 15 is 0 Å². The zero-order valence-electron chi connectivity index (χ0n) is 12.2. The molecule has 1 aliphatic heterocycles. The summed E-state index contributed by atoms with van der Waals surface area (Å²) < 4.78 is 0. The van der Waals surface area contributed by atoms with Crippen LogP contribution in [0.1, 0.15) is 24.5 Å². The number of carbonyl (C=O) groups excluding carboxylic acids is 1. The maximum Gasteiger partial charge on any atom is 0.227 e. The highest BCUT2D eigenvalue weighted by atomic mass is 32.1. The van der Waals surface area contributed by atoms with Gasteiger partial charge >= 0.3 is 0 Å². The van der Waals surface area contributed by atoms with E-state index in [2.05, 4.69) is 16.3 Å². The molecule has 0 radical (unpaired) electrons. The van der Waals surface area contributed by atoms with Gasteiger partial charge in [-0.25, -0.2) is 0 Å². The lowest BCUT2D eigenvalue weighted by Gasteiger charge is -2.24. The van der Waals surface area contributed by atoms with Crippen LogP contribution >= 0.6 is 12.2 Å². The first-order chi connectivity index (χ1) is 9.37. The van der Waals surface area contributed by atoms with E-state index in [0.717, 1.165) is 36.3 Å². The number of nitrogens with two attached hydrogens (primary N) is 1. The summed E-state index contributed by atoms with van der Waals surface area (Å²) in [5.74, 6) is 0.108. The molecule has 4 nitrogen and oxygen atoms in total. The number of thiocarbonyl (C=S) groups is 1. The lowest BCUT2D eigenvalue weighted by molar-refractivity contribution is -0.128. The fourth-order valence-corrected chi connectivity index (χ4v) is 3.02. The molecule has 1 aliphatic rings. The molecule has 0 aliphatic carbocycles. The van der Waals surface area contributed by atoms with Gasteiger partial charge in [0.15, 0.2) is 0 Å². The third kappa shape index (κ3) is 2.63. The monoisotopic (exact) mass is 291 g/mol. The third-order valence-corrected chi connectivity index (χ3v) is 4.31. The van der Waals surface area contributed by atoms with Crippen molar-refractivity contribution in [3.05, 3.63) is 29.3 Å². The molecule has 1 amide bonds. The fourth-order valence-electron chi connectivity index (χ4n) is 2.79. The van der Waals surface area contributed by atoms with Crippen LogP contribution in [0.2, 0.25) is 0 Å². The van der Waals surface area contributed by atoms with E-state index in [1.54, 1.807) is 7.05 Å². The van der Waals surface area contributed by atoms with Crippen molar-refractivity contribution < 1.29 is 4.79 Å². The first-order valence-electron chi connectivity index (χ1n) is 6.75. The molecule has 0 saturated carbocycles. The molecule has 1 unspecified atom stereocenters. The second-order valence-corrected chi connectivity index (χ2v) is 6.11. The molecule has 1 atom stereocenters. The molecule has 1 saturated heterocycles. The minimum atomic E-state index is -0.315. The number of anilines is 1. The lowest BCUT2D eigenvalue weighted by atomic mass is 9.89. The van der Waals surface area contributed by atoms with E-state index in [-0.39, 0.29) is 11.3 Å². The molecule has 3 N–H and O–H groups in total. The summed E-state index contributed by atoms with van der Waals surface area (Å²) in [6, 6.07) is 6.07. The molecule has 1 aromatic carbocycles. The van der Waals surface area contributed by atoms with Gasteiger partial charge < -0.3 is 16.0 Å². The summed E-state index contributed by atoms with van der Waals surface area (Å²) in [6.07, 6.45) is 0.864. The largest absolute Gasteiger partial charge is 0.389 e. The van der Waals surface area contributed by atoms with Crippen LogP contribution in [0.25, 0.3) is 0 Å². The smallest absolute Gasteiger partial charge is 0.227 e. The Balaban J connectivity index is 2.21. The quantitative estimate of drug-likeness (QED) is 0.830. The summed E-state index contributed by atoms with van der Waals surface area (Å²) in [4.78, 5) is 14.6. The lowest BCUT2D eigenvalue weighted by Crippen LogP contribution is -2.39. The van der Waals surface area contributed by atoms with Gasteiger partial charge in [0, 0.05) is 31.4 Å². The molecule has 0 spiro atoms. The number of benzene rings is 1. The average molecular weight is 291 g/mol. The summed E-state index contributed by atoms with van der Waals surface area (Å²) in [7, 11) is 1.69. The molecular formula is C15H21N3OS. The number of carbonyl (C=O) groups is 1. The Hall–Kier alpha value is -1.62. The predicted molar refractivity (Wildman–Crippen MR) is 86.1 cm³/mol. The van der Waals surface area contributed by atoms with Crippen molar-refractivity contribution in [1.29, 1.82) is 0 Å². The van der Waals surface area contributed by atoms with Gasteiger partial charge in [-0.3, -0.25) is 4.79 Å². The van der Waals surface area contributed by atoms with Gasteiger partial charge in [0.25, 0.3) is 0 Å². The molecule has 1 aromatic rings. The molecule has 0 bridgehead atoms. The van der Waals surface area contributed by atoms with Crippen LogP contribution in [0.5, 0.6) is 0 Å². The maximum absolute atomic E-state index is 12.0. The molecule has 1 heterocycles. The zero-order valence-corrected chi connectivity index (χ0v) is 13.0. The minimum Gasteiger partial charge on any atom is -0.389 e. The molecule has 20 heavy (non-hydrogen) atoms. The number of hydrogen-bond donors (Lipinski definition) is 2. The Labute approximate surface area is 125 Å². The van der Waals surface area contributed by atoms with Crippen molar-refractivity contribution in [3.8, 4) is 0 Å². The Kier molecular flexibility index (Phi) is 3.99. The Morgan fingerprint density at radius 3 is 2.75 bits per heavy atom. The predicted octanol–water partition coefficient (Wildman–Crippen LogP) is 1.59. The van der Waals surface area contributed by atoms with Crippen molar-refractivity contribution in [2.75, 3.05) is 25.0 Å². The highest BCUT2D eigenvalue weighted by molar-refractivity contribution is 7.80. The number of aryl methyl sites for hydroxylation is 1. The minimum absolute atomic E-state index is 0.108. The van der Waals surface area contributed by atoms with Gasteiger partial charge in [-0.05, 0) is 44.0 Å². The van der Waals surface area contributed by atoms with Crippen LogP contribution in [-0.4, -0.2) is 31.0 Å². The number of hydrogen-bond acceptors (Lipinski definition) is 3. The van der Waals surface area contributed by atoms with E-state index in [1.807, 2.05) is 26.0 Å². The fraction of sp³-hybridized carbons (Fsp3) is 0.467. The third-order valence-electron chi connectivity index (χ3n) is 4.09. The van der Waals surface area contributed by atoms with Gasteiger partial charge in [-0.2, -0.15) is 0 Å². The van der Waals surface area contributed by atoms with E-state index in [9.17, 15) is 4.79 Å². The molecule has 1 fully saturated rings. The highest BCUT2D eigenvalue weighted by Gasteiger charge is 2.39. The highest BCUT2D eigenvalue weighted by Crippen LogP contribution is 2.34. The Morgan fingerprint density at radius 2 is 2.20 bits per heavy atom. The summed E-state index contributed by atoms with van der Waals surface area (Å²) >= 11 is 5.03. The number of rotatable bonds is 3. The van der Waals surface area contributed by atoms with Crippen LogP contribution in [0.15, 0.2) is 18.2 Å². The second kappa shape index (κ2) is 5.40. The Bertz CT molecular complexity index is 558. The molecule has 108 valence electrons. The van der Waals surface area contributed by atoms with Crippen molar-refractivity contribution in [3.63, 3.8) is 0 Å². The first kappa shape index (κ1) is 14.8. The standard InChI is InChI=1S/C15H21N3OS/c1-10-8-11(4-5-12(10)13(16)20)18-7-6-15(2,9-18)14(19)17-3/h4-5,8H,6-7,9H2,1-3H3,(H2,16,20)(H,17,19). The topological polar surface area (TPSA) is 58.4 Å². The molecular weight excluding hydrogens is 270 g/mol. The first-order valence-corrected chi connectivity index (χ1v) is 7.16. The number of nitrogens with zero attached hydrogens (tertiary/aromatic N) is 1. The van der Waals surface area contributed by atoms with Crippen molar-refractivity contribution in [2.24, 2.45) is 11.1 Å². The normalized spacial score (nSPS) is 21.9. The van der Waals surface area contributed by atoms with Crippen LogP contribution in [0, 0.1) is 12.3 Å². The van der Waals surface area contributed by atoms with Gasteiger partial charge in [0.1, 0.15) is 4.99 Å². The SMILES string of the molecule is CNC(=O)C1(C)CCN(c2ccc(C(N)=S)c(C)c2)C1. The van der Waals surface area contributed by atoms with Crippen molar-refractivity contribution in [2.45, 2.75) is 20.3 Å². The number of amides is 1. The van der Waals surface area contributed by atoms with E-state index in [1.165, 1.54) is 0 Å². The van der Waals surface area contributed by atoms with Gasteiger partial charge in [-0.1, -0.05) is 12.2 Å². The summed E-state index contributed by atoms with van der Waals surface area (Å²) in [5, 5.41) is 2.76. The van der Waals surface area contributed by atoms with Crippen LogP contribution in [-0.2, 0) is 4.79 Å². The van der Waals surface area contributed by atoms with Gasteiger partial charge in [0.2, 0.25) is 5.91 Å². The van der Waals surface area contributed by atoms with Crippen molar-refractivity contribution in [1.82, 2.24) is 5.32 Å². The molecule has 5 heteroatoms. The van der Waals surface area contributed by atoms with Gasteiger partial charge in [0.05, 0.1) is 5.41 Å². The summed E-state index contributed by atoms with van der Waals surface area (Å²) in [5.41, 5.74) is 8.48. The maximum atomic E-state index is 12.0. The number of nitrogens with one attached hydrogen (secondary N) is 1. The van der Waals surface area contributed by atoms with E-state index < -0.39 is 0 Å².